The molecule has 1 aromatic heterocycles. The number of hydrogen-bond acceptors (Lipinski definition) is 3. The molecule has 112 valence electrons. The third-order valence-electron chi connectivity index (χ3n) is 2.68. The lowest BCUT2D eigenvalue weighted by Gasteiger charge is -2.13. The number of nitrogens with one attached hydrogen (secondary N) is 2. The molecule has 6 heteroatoms. The van der Waals surface area contributed by atoms with Gasteiger partial charge in [-0.25, -0.2) is 0 Å². The summed E-state index contributed by atoms with van der Waals surface area (Å²) in [5, 5.41) is 8.44. The zero-order valence-electron chi connectivity index (χ0n) is 12.5. The number of thiophene rings is 1. The average Bonchev–Trinajstić information content (AvgIpc) is 2.91. The SMILES string of the molecule is CCNC(=NCCc1cccs1)NCCC(=O)N(C)C. The van der Waals surface area contributed by atoms with Gasteiger partial charge >= 0.3 is 0 Å². The van der Waals surface area contributed by atoms with Crippen LogP contribution in [0.1, 0.15) is 18.2 Å². The Morgan fingerprint density at radius 2 is 2.20 bits per heavy atom. The van der Waals surface area contributed by atoms with Gasteiger partial charge in [-0.05, 0) is 18.4 Å². The van der Waals surface area contributed by atoms with Crippen LogP contribution in [0.25, 0.3) is 0 Å². The lowest BCUT2D eigenvalue weighted by Crippen LogP contribution is -2.39. The molecule has 0 saturated heterocycles. The standard InChI is InChI=1S/C14H24N4OS/c1-4-15-14(17-10-8-13(19)18(2)3)16-9-7-12-6-5-11-20-12/h5-6,11H,4,7-10H2,1-3H3,(H2,15,16,17). The molecule has 5 nitrogen and oxygen atoms in total. The van der Waals surface area contributed by atoms with E-state index in [-0.39, 0.29) is 5.91 Å². The van der Waals surface area contributed by atoms with Gasteiger partial charge < -0.3 is 15.5 Å². The number of rotatable bonds is 7. The van der Waals surface area contributed by atoms with Crippen molar-refractivity contribution in [3.8, 4) is 0 Å². The summed E-state index contributed by atoms with van der Waals surface area (Å²) in [6.07, 6.45) is 1.42. The van der Waals surface area contributed by atoms with Crippen LogP contribution in [0.5, 0.6) is 0 Å². The highest BCUT2D eigenvalue weighted by Crippen LogP contribution is 2.08. The molecule has 0 bridgehead atoms. The van der Waals surface area contributed by atoms with Crippen LogP contribution in [-0.4, -0.2) is 50.5 Å². The van der Waals surface area contributed by atoms with Crippen molar-refractivity contribution in [1.82, 2.24) is 15.5 Å². The Hall–Kier alpha value is -1.56. The highest BCUT2D eigenvalue weighted by Gasteiger charge is 2.04. The Morgan fingerprint density at radius 3 is 2.80 bits per heavy atom. The van der Waals surface area contributed by atoms with Crippen molar-refractivity contribution in [2.45, 2.75) is 19.8 Å². The number of amides is 1. The molecule has 0 saturated carbocycles. The molecule has 1 heterocycles. The topological polar surface area (TPSA) is 56.7 Å². The number of carbonyl (C=O) groups is 1. The molecule has 20 heavy (non-hydrogen) atoms. The van der Waals surface area contributed by atoms with Crippen LogP contribution in [0.3, 0.4) is 0 Å². The molecule has 1 amide bonds. The van der Waals surface area contributed by atoms with Crippen LogP contribution in [0.15, 0.2) is 22.5 Å². The van der Waals surface area contributed by atoms with E-state index < -0.39 is 0 Å². The number of aliphatic imine (C=N–C) groups is 1. The zero-order valence-corrected chi connectivity index (χ0v) is 13.3. The molecule has 0 aliphatic rings. The van der Waals surface area contributed by atoms with Gasteiger partial charge in [0.15, 0.2) is 5.96 Å². The Labute approximate surface area is 125 Å². The van der Waals surface area contributed by atoms with Gasteiger partial charge in [0.05, 0.1) is 0 Å². The summed E-state index contributed by atoms with van der Waals surface area (Å²) in [5.41, 5.74) is 0. The van der Waals surface area contributed by atoms with Crippen LogP contribution in [0.2, 0.25) is 0 Å². The predicted octanol–water partition coefficient (Wildman–Crippen LogP) is 1.32. The monoisotopic (exact) mass is 296 g/mol. The molecular weight excluding hydrogens is 272 g/mol. The molecule has 1 rings (SSSR count). The minimum absolute atomic E-state index is 0.118. The maximum absolute atomic E-state index is 11.5. The molecule has 2 N–H and O–H groups in total. The van der Waals surface area contributed by atoms with Gasteiger partial charge in [0.2, 0.25) is 5.91 Å². The van der Waals surface area contributed by atoms with Gasteiger partial charge in [-0.1, -0.05) is 6.07 Å². The first-order valence-corrected chi connectivity index (χ1v) is 7.76. The summed E-state index contributed by atoms with van der Waals surface area (Å²) in [5.74, 6) is 0.891. The predicted molar refractivity (Wildman–Crippen MR) is 85.3 cm³/mol. The molecule has 0 radical (unpaired) electrons. The van der Waals surface area contributed by atoms with Crippen LogP contribution < -0.4 is 10.6 Å². The van der Waals surface area contributed by atoms with E-state index in [9.17, 15) is 4.79 Å². The maximum atomic E-state index is 11.5. The first-order valence-electron chi connectivity index (χ1n) is 6.88. The average molecular weight is 296 g/mol. The Balaban J connectivity index is 2.33. The molecule has 1 aromatic rings. The van der Waals surface area contributed by atoms with Gasteiger partial charge in [0, 0.05) is 51.4 Å². The van der Waals surface area contributed by atoms with Crippen molar-refractivity contribution in [3.63, 3.8) is 0 Å². The molecule has 0 fully saturated rings. The highest BCUT2D eigenvalue weighted by atomic mass is 32.1. The van der Waals surface area contributed by atoms with Crippen LogP contribution >= 0.6 is 11.3 Å². The van der Waals surface area contributed by atoms with Crippen molar-refractivity contribution in [2.75, 3.05) is 33.7 Å². The van der Waals surface area contributed by atoms with E-state index in [0.29, 0.717) is 13.0 Å². The Bertz CT molecular complexity index is 415. The van der Waals surface area contributed by atoms with Gasteiger partial charge in [0.25, 0.3) is 0 Å². The Morgan fingerprint density at radius 1 is 1.40 bits per heavy atom. The van der Waals surface area contributed by atoms with E-state index >= 15 is 0 Å². The van der Waals surface area contributed by atoms with Crippen LogP contribution in [-0.2, 0) is 11.2 Å². The minimum atomic E-state index is 0.118. The van der Waals surface area contributed by atoms with E-state index in [4.69, 9.17) is 0 Å². The minimum Gasteiger partial charge on any atom is -0.357 e. The number of hydrogen-bond donors (Lipinski definition) is 2. The second-order valence-corrected chi connectivity index (χ2v) is 5.59. The lowest BCUT2D eigenvalue weighted by molar-refractivity contribution is -0.128. The maximum Gasteiger partial charge on any atom is 0.223 e. The molecular formula is C14H24N4OS. The molecule has 0 aliphatic carbocycles. The fourth-order valence-electron chi connectivity index (χ4n) is 1.59. The van der Waals surface area contributed by atoms with Crippen molar-refractivity contribution in [3.05, 3.63) is 22.4 Å². The lowest BCUT2D eigenvalue weighted by atomic mass is 10.3. The quantitative estimate of drug-likeness (QED) is 0.589. The summed E-state index contributed by atoms with van der Waals surface area (Å²) < 4.78 is 0. The van der Waals surface area contributed by atoms with Crippen molar-refractivity contribution in [2.24, 2.45) is 4.99 Å². The van der Waals surface area contributed by atoms with E-state index in [1.807, 2.05) is 6.92 Å². The second kappa shape index (κ2) is 9.36. The van der Waals surface area contributed by atoms with Gasteiger partial charge in [-0.2, -0.15) is 0 Å². The van der Waals surface area contributed by atoms with Crippen molar-refractivity contribution in [1.29, 1.82) is 0 Å². The van der Waals surface area contributed by atoms with Gasteiger partial charge in [-0.3, -0.25) is 9.79 Å². The first kappa shape index (κ1) is 16.5. The summed E-state index contributed by atoms with van der Waals surface area (Å²) >= 11 is 1.75. The second-order valence-electron chi connectivity index (χ2n) is 4.55. The van der Waals surface area contributed by atoms with E-state index in [0.717, 1.165) is 25.5 Å². The first-order chi connectivity index (χ1) is 9.63. The smallest absolute Gasteiger partial charge is 0.223 e. The molecule has 0 aliphatic heterocycles. The number of guanidine groups is 1. The van der Waals surface area contributed by atoms with Crippen LogP contribution in [0.4, 0.5) is 0 Å². The fourth-order valence-corrected chi connectivity index (χ4v) is 2.28. The summed E-state index contributed by atoms with van der Waals surface area (Å²) in [6.45, 7) is 4.19. The number of carbonyl (C=O) groups excluding carboxylic acids is 1. The fraction of sp³-hybridized carbons (Fsp3) is 0.571. The van der Waals surface area contributed by atoms with E-state index in [1.54, 1.807) is 30.3 Å². The summed E-state index contributed by atoms with van der Waals surface area (Å²) in [4.78, 5) is 18.9. The summed E-state index contributed by atoms with van der Waals surface area (Å²) in [6, 6.07) is 4.18. The zero-order chi connectivity index (χ0) is 14.8. The molecule has 0 aromatic carbocycles. The largest absolute Gasteiger partial charge is 0.357 e. The van der Waals surface area contributed by atoms with Crippen molar-refractivity contribution < 1.29 is 4.79 Å². The van der Waals surface area contributed by atoms with Crippen LogP contribution in [0, 0.1) is 0 Å². The number of nitrogens with zero attached hydrogens (tertiary/aromatic N) is 2. The third-order valence-corrected chi connectivity index (χ3v) is 3.62. The molecule has 0 unspecified atom stereocenters. The molecule has 0 atom stereocenters. The highest BCUT2D eigenvalue weighted by molar-refractivity contribution is 7.09. The summed E-state index contributed by atoms with van der Waals surface area (Å²) in [7, 11) is 3.53. The molecule has 0 spiro atoms. The van der Waals surface area contributed by atoms with E-state index in [2.05, 4.69) is 33.1 Å². The van der Waals surface area contributed by atoms with Gasteiger partial charge in [-0.15, -0.1) is 11.3 Å². The Kier molecular flexibility index (Phi) is 7.72. The van der Waals surface area contributed by atoms with Gasteiger partial charge in [0.1, 0.15) is 0 Å². The van der Waals surface area contributed by atoms with Crippen molar-refractivity contribution >= 4 is 23.2 Å². The third kappa shape index (κ3) is 6.56. The van der Waals surface area contributed by atoms with E-state index in [1.165, 1.54) is 4.88 Å². The normalized spacial score (nSPS) is 11.2.